The molecule has 0 aliphatic rings. The minimum absolute atomic E-state index is 0.943. The molecule has 0 aliphatic heterocycles. The van der Waals surface area contributed by atoms with Crippen LogP contribution in [-0.2, 0) is 4.74 Å². The number of ether oxygens (including phenoxy) is 1. The van der Waals surface area contributed by atoms with Crippen molar-refractivity contribution in [2.45, 2.75) is 142 Å². The monoisotopic (exact) mass is 354 g/mol. The maximum Gasteiger partial charge on any atom is 0.0466 e. The van der Waals surface area contributed by atoms with Crippen LogP contribution < -0.4 is 0 Å². The first-order chi connectivity index (χ1) is 12.4. The lowest BCUT2D eigenvalue weighted by Crippen LogP contribution is -1.95. The van der Waals surface area contributed by atoms with Gasteiger partial charge in [0.25, 0.3) is 0 Å². The number of hydrogen-bond acceptors (Lipinski definition) is 1. The van der Waals surface area contributed by atoms with Gasteiger partial charge in [-0.05, 0) is 12.8 Å². The van der Waals surface area contributed by atoms with E-state index >= 15 is 0 Å². The van der Waals surface area contributed by atoms with Crippen LogP contribution in [0.5, 0.6) is 0 Å². The first-order valence-corrected chi connectivity index (χ1v) is 12.0. The van der Waals surface area contributed by atoms with E-state index in [1.807, 2.05) is 0 Å². The second kappa shape index (κ2) is 24.0. The van der Waals surface area contributed by atoms with Gasteiger partial charge in [-0.25, -0.2) is 0 Å². The predicted octanol–water partition coefficient (Wildman–Crippen LogP) is 8.84. The highest BCUT2D eigenvalue weighted by molar-refractivity contribution is 4.50. The quantitative estimate of drug-likeness (QED) is 0.176. The number of hydrogen-bond donors (Lipinski definition) is 0. The molecule has 0 saturated heterocycles. The van der Waals surface area contributed by atoms with E-state index in [9.17, 15) is 0 Å². The average molecular weight is 355 g/mol. The predicted molar refractivity (Wildman–Crippen MR) is 115 cm³/mol. The van der Waals surface area contributed by atoms with Crippen molar-refractivity contribution < 1.29 is 4.74 Å². The third-order valence-electron chi connectivity index (χ3n) is 5.24. The molecule has 0 bridgehead atoms. The van der Waals surface area contributed by atoms with Gasteiger partial charge in [0.15, 0.2) is 0 Å². The zero-order valence-corrected chi connectivity index (χ0v) is 18.0. The molecule has 1 nitrogen and oxygen atoms in total. The van der Waals surface area contributed by atoms with E-state index in [-0.39, 0.29) is 0 Å². The zero-order valence-electron chi connectivity index (χ0n) is 18.0. The topological polar surface area (TPSA) is 9.23 Å². The number of unbranched alkanes of at least 4 members (excludes halogenated alkanes) is 18. The van der Waals surface area contributed by atoms with Gasteiger partial charge < -0.3 is 4.74 Å². The van der Waals surface area contributed by atoms with E-state index in [4.69, 9.17) is 4.74 Å². The lowest BCUT2D eigenvalue weighted by molar-refractivity contribution is 0.130. The van der Waals surface area contributed by atoms with Crippen LogP contribution >= 0.6 is 0 Å². The van der Waals surface area contributed by atoms with Crippen molar-refractivity contribution in [3.8, 4) is 0 Å². The van der Waals surface area contributed by atoms with Gasteiger partial charge in [-0.3, -0.25) is 0 Å². The molecule has 1 heteroatoms. The van der Waals surface area contributed by atoms with E-state index in [0.717, 1.165) is 19.6 Å². The fourth-order valence-electron chi connectivity index (χ4n) is 3.53. The summed E-state index contributed by atoms with van der Waals surface area (Å²) in [5.74, 6) is 0. The molecular formula is C24H50O. The molecule has 0 N–H and O–H groups in total. The summed E-state index contributed by atoms with van der Waals surface area (Å²) >= 11 is 0. The van der Waals surface area contributed by atoms with Crippen molar-refractivity contribution in [1.82, 2.24) is 0 Å². The van der Waals surface area contributed by atoms with Gasteiger partial charge in [-0.1, -0.05) is 129 Å². The summed E-state index contributed by atoms with van der Waals surface area (Å²) in [6.07, 6.45) is 28.6. The van der Waals surface area contributed by atoms with E-state index in [1.165, 1.54) is 122 Å². The fraction of sp³-hybridized carbons (Fsp3) is 1.00. The Morgan fingerprint density at radius 2 is 0.640 bits per heavy atom. The Morgan fingerprint density at radius 1 is 0.320 bits per heavy atom. The van der Waals surface area contributed by atoms with E-state index in [1.54, 1.807) is 0 Å². The van der Waals surface area contributed by atoms with Crippen LogP contribution in [0.25, 0.3) is 0 Å². The second-order valence-electron chi connectivity index (χ2n) is 7.98. The largest absolute Gasteiger partial charge is 0.381 e. The van der Waals surface area contributed by atoms with Crippen LogP contribution in [0.2, 0.25) is 0 Å². The molecule has 0 amide bonds. The van der Waals surface area contributed by atoms with Gasteiger partial charge in [-0.15, -0.1) is 0 Å². The summed E-state index contributed by atoms with van der Waals surface area (Å²) in [5.41, 5.74) is 0. The van der Waals surface area contributed by atoms with Crippen molar-refractivity contribution in [2.24, 2.45) is 0 Å². The third-order valence-corrected chi connectivity index (χ3v) is 5.24. The highest BCUT2D eigenvalue weighted by Gasteiger charge is 1.95. The van der Waals surface area contributed by atoms with Crippen LogP contribution in [0.15, 0.2) is 0 Å². The maximum absolute atomic E-state index is 5.52. The highest BCUT2D eigenvalue weighted by Crippen LogP contribution is 2.14. The normalized spacial score (nSPS) is 11.3. The van der Waals surface area contributed by atoms with Gasteiger partial charge in [0.05, 0.1) is 0 Å². The highest BCUT2D eigenvalue weighted by atomic mass is 16.5. The maximum atomic E-state index is 5.52. The van der Waals surface area contributed by atoms with Crippen LogP contribution in [0, 0.1) is 0 Å². The Balaban J connectivity index is 2.94. The Morgan fingerprint density at radius 3 is 0.960 bits per heavy atom. The fourth-order valence-corrected chi connectivity index (χ4v) is 3.53. The minimum atomic E-state index is 0.943. The molecule has 0 spiro atoms. The van der Waals surface area contributed by atoms with Crippen molar-refractivity contribution >= 4 is 0 Å². The standard InChI is InChI=1S/C24H50O/c1-3-5-6-7-8-9-10-11-12-13-14-15-16-17-18-19-20-21-22-24-25-23-4-2/h3-24H2,1-2H3. The Kier molecular flexibility index (Phi) is 23.9. The van der Waals surface area contributed by atoms with E-state index < -0.39 is 0 Å². The molecule has 0 aliphatic carbocycles. The van der Waals surface area contributed by atoms with Gasteiger partial charge in [0.2, 0.25) is 0 Å². The lowest BCUT2D eigenvalue weighted by atomic mass is 10.0. The first-order valence-electron chi connectivity index (χ1n) is 12.0. The summed E-state index contributed by atoms with van der Waals surface area (Å²) in [6, 6.07) is 0. The molecular weight excluding hydrogens is 304 g/mol. The second-order valence-corrected chi connectivity index (χ2v) is 7.98. The summed E-state index contributed by atoms with van der Waals surface area (Å²) in [6.45, 7) is 6.40. The van der Waals surface area contributed by atoms with Crippen LogP contribution in [0.4, 0.5) is 0 Å². The average Bonchev–Trinajstić information content (AvgIpc) is 2.63. The van der Waals surface area contributed by atoms with Gasteiger partial charge in [0, 0.05) is 13.2 Å². The Hall–Kier alpha value is -0.0400. The molecule has 152 valence electrons. The van der Waals surface area contributed by atoms with Crippen molar-refractivity contribution in [3.05, 3.63) is 0 Å². The molecule has 0 atom stereocenters. The SMILES string of the molecule is CCCCCCCCCCCCCCCCCCCCCOCCC. The molecule has 0 aromatic rings. The summed E-state index contributed by atoms with van der Waals surface area (Å²) < 4.78 is 5.52. The Bertz CT molecular complexity index is 192. The van der Waals surface area contributed by atoms with Gasteiger partial charge in [0.1, 0.15) is 0 Å². The van der Waals surface area contributed by atoms with Crippen molar-refractivity contribution in [3.63, 3.8) is 0 Å². The van der Waals surface area contributed by atoms with Crippen molar-refractivity contribution in [2.75, 3.05) is 13.2 Å². The minimum Gasteiger partial charge on any atom is -0.381 e. The smallest absolute Gasteiger partial charge is 0.0466 e. The van der Waals surface area contributed by atoms with Crippen LogP contribution in [0.1, 0.15) is 142 Å². The molecule has 0 rings (SSSR count). The summed E-state index contributed by atoms with van der Waals surface area (Å²) in [7, 11) is 0. The Labute approximate surface area is 160 Å². The molecule has 0 radical (unpaired) electrons. The van der Waals surface area contributed by atoms with Crippen LogP contribution in [0.3, 0.4) is 0 Å². The molecule has 0 aromatic heterocycles. The molecule has 0 fully saturated rings. The van der Waals surface area contributed by atoms with E-state index in [0.29, 0.717) is 0 Å². The van der Waals surface area contributed by atoms with Gasteiger partial charge >= 0.3 is 0 Å². The molecule has 25 heavy (non-hydrogen) atoms. The summed E-state index contributed by atoms with van der Waals surface area (Å²) in [5, 5.41) is 0. The molecule has 0 heterocycles. The summed E-state index contributed by atoms with van der Waals surface area (Å²) in [4.78, 5) is 0. The van der Waals surface area contributed by atoms with E-state index in [2.05, 4.69) is 13.8 Å². The third kappa shape index (κ3) is 24.0. The zero-order chi connectivity index (χ0) is 18.3. The van der Waals surface area contributed by atoms with Gasteiger partial charge in [-0.2, -0.15) is 0 Å². The molecule has 0 unspecified atom stereocenters. The number of rotatable bonds is 22. The van der Waals surface area contributed by atoms with Crippen LogP contribution in [-0.4, -0.2) is 13.2 Å². The molecule has 0 saturated carbocycles. The molecule has 0 aromatic carbocycles. The van der Waals surface area contributed by atoms with Crippen molar-refractivity contribution in [1.29, 1.82) is 0 Å². The first kappa shape index (κ1) is 25.0. The lowest BCUT2D eigenvalue weighted by Gasteiger charge is -2.04.